The summed E-state index contributed by atoms with van der Waals surface area (Å²) >= 11 is 0. The fraction of sp³-hybridized carbons (Fsp3) is 0.919. The van der Waals surface area contributed by atoms with Crippen LogP contribution in [0.2, 0.25) is 0 Å². The maximum absolute atomic E-state index is 2.58. The van der Waals surface area contributed by atoms with Gasteiger partial charge >= 0.3 is 0 Å². The van der Waals surface area contributed by atoms with Crippen molar-refractivity contribution in [2.24, 2.45) is 0 Å². The van der Waals surface area contributed by atoms with Gasteiger partial charge in [0.2, 0.25) is 0 Å². The number of imidazole rings is 1. The minimum Gasteiger partial charge on any atom is -0.234 e. The Morgan fingerprint density at radius 2 is 0.821 bits per heavy atom. The van der Waals surface area contributed by atoms with Gasteiger partial charge in [-0.15, -0.1) is 0 Å². The zero-order chi connectivity index (χ0) is 28.2. The molecule has 1 rings (SSSR count). The third-order valence-corrected chi connectivity index (χ3v) is 8.85. The quantitative estimate of drug-likeness (QED) is 0.0671. The number of aryl methyl sites for hydroxylation is 1. The van der Waals surface area contributed by atoms with E-state index in [9.17, 15) is 0 Å². The van der Waals surface area contributed by atoms with Crippen LogP contribution in [-0.4, -0.2) is 4.57 Å². The second kappa shape index (κ2) is 27.4. The van der Waals surface area contributed by atoms with Crippen molar-refractivity contribution in [2.75, 3.05) is 0 Å². The number of hydrogen-bond acceptors (Lipinski definition) is 0. The van der Waals surface area contributed by atoms with Crippen LogP contribution >= 0.6 is 0 Å². The monoisotopic (exact) mass is 546 g/mol. The van der Waals surface area contributed by atoms with Crippen molar-refractivity contribution in [3.05, 3.63) is 18.2 Å². The molecule has 0 bridgehead atoms. The van der Waals surface area contributed by atoms with Gasteiger partial charge in [-0.1, -0.05) is 168 Å². The summed E-state index contributed by atoms with van der Waals surface area (Å²) in [4.78, 5) is 0. The Hall–Kier alpha value is -0.790. The lowest BCUT2D eigenvalue weighted by atomic mass is 10.0. The molecule has 0 saturated carbocycles. The SMILES string of the molecule is CCCCCCCCCCCCCCCCC[n+]1ccn(C(C)C)c1CCCCCCCCCCCCCC. The van der Waals surface area contributed by atoms with E-state index < -0.39 is 0 Å². The predicted octanol–water partition coefficient (Wildman–Crippen LogP) is 12.5. The summed E-state index contributed by atoms with van der Waals surface area (Å²) in [6.07, 6.45) is 44.7. The molecule has 1 aromatic heterocycles. The molecule has 0 N–H and O–H groups in total. The average Bonchev–Trinajstić information content (AvgIpc) is 3.34. The third kappa shape index (κ3) is 20.7. The third-order valence-electron chi connectivity index (χ3n) is 8.85. The maximum atomic E-state index is 2.58. The smallest absolute Gasteiger partial charge is 0.234 e. The summed E-state index contributed by atoms with van der Waals surface area (Å²) in [6.45, 7) is 10.5. The van der Waals surface area contributed by atoms with Crippen LogP contribution in [0.4, 0.5) is 0 Å². The Labute approximate surface area is 247 Å². The van der Waals surface area contributed by atoms with Gasteiger partial charge in [-0.2, -0.15) is 0 Å². The first kappa shape index (κ1) is 36.2. The first-order valence-electron chi connectivity index (χ1n) is 18.3. The lowest BCUT2D eigenvalue weighted by Gasteiger charge is -2.08. The molecule has 2 heteroatoms. The first-order valence-corrected chi connectivity index (χ1v) is 18.3. The molecule has 0 fully saturated rings. The molecule has 1 aromatic rings. The molecule has 0 aromatic carbocycles. The minimum absolute atomic E-state index is 0.569. The van der Waals surface area contributed by atoms with Crippen molar-refractivity contribution < 1.29 is 4.57 Å². The molecule has 0 aliphatic carbocycles. The molecule has 39 heavy (non-hydrogen) atoms. The van der Waals surface area contributed by atoms with Crippen LogP contribution < -0.4 is 4.57 Å². The number of nitrogens with zero attached hydrogens (tertiary/aromatic N) is 2. The van der Waals surface area contributed by atoms with Crippen molar-refractivity contribution >= 4 is 0 Å². The van der Waals surface area contributed by atoms with E-state index in [4.69, 9.17) is 0 Å². The molecule has 0 radical (unpaired) electrons. The van der Waals surface area contributed by atoms with Gasteiger partial charge in [0.1, 0.15) is 12.4 Å². The number of aromatic nitrogens is 2. The van der Waals surface area contributed by atoms with Gasteiger partial charge in [0, 0.05) is 6.42 Å². The van der Waals surface area contributed by atoms with E-state index in [0.29, 0.717) is 6.04 Å². The average molecular weight is 546 g/mol. The Bertz CT molecular complexity index is 617. The van der Waals surface area contributed by atoms with Crippen LogP contribution in [0.3, 0.4) is 0 Å². The van der Waals surface area contributed by atoms with E-state index in [1.54, 1.807) is 5.82 Å². The van der Waals surface area contributed by atoms with Crippen molar-refractivity contribution in [1.29, 1.82) is 0 Å². The predicted molar refractivity (Wildman–Crippen MR) is 175 cm³/mol. The molecule has 1 heterocycles. The maximum Gasteiger partial charge on any atom is 0.256 e. The van der Waals surface area contributed by atoms with Crippen LogP contribution in [0.1, 0.15) is 213 Å². The van der Waals surface area contributed by atoms with E-state index in [2.05, 4.69) is 49.2 Å². The van der Waals surface area contributed by atoms with Crippen molar-refractivity contribution in [1.82, 2.24) is 4.57 Å². The van der Waals surface area contributed by atoms with Crippen LogP contribution in [-0.2, 0) is 13.0 Å². The van der Waals surface area contributed by atoms with E-state index in [0.717, 1.165) is 0 Å². The fourth-order valence-corrected chi connectivity index (χ4v) is 6.20. The van der Waals surface area contributed by atoms with Crippen molar-refractivity contribution in [2.45, 2.75) is 220 Å². The van der Waals surface area contributed by atoms with E-state index in [1.807, 2.05) is 0 Å². The standard InChI is InChI=1S/C37H73N2/c1-5-7-9-11-13-15-17-19-20-21-23-25-27-29-31-33-38-34-35-39(36(3)4)37(38)32-30-28-26-24-22-18-16-14-12-10-8-6-2/h34-36H,5-33H2,1-4H3/q+1. The lowest BCUT2D eigenvalue weighted by molar-refractivity contribution is -0.704. The van der Waals surface area contributed by atoms with Crippen LogP contribution in [0.25, 0.3) is 0 Å². The van der Waals surface area contributed by atoms with E-state index in [-0.39, 0.29) is 0 Å². The summed E-state index contributed by atoms with van der Waals surface area (Å²) in [5.74, 6) is 1.57. The lowest BCUT2D eigenvalue weighted by Crippen LogP contribution is -2.37. The van der Waals surface area contributed by atoms with E-state index >= 15 is 0 Å². The van der Waals surface area contributed by atoms with Gasteiger partial charge in [0.15, 0.2) is 0 Å². The molecule has 0 unspecified atom stereocenters. The van der Waals surface area contributed by atoms with Gasteiger partial charge in [-0.3, -0.25) is 0 Å². The molecular weight excluding hydrogens is 472 g/mol. The molecule has 0 amide bonds. The number of hydrogen-bond donors (Lipinski definition) is 0. The molecule has 0 saturated heterocycles. The first-order chi connectivity index (χ1) is 19.2. The van der Waals surface area contributed by atoms with Gasteiger partial charge in [0.25, 0.3) is 5.82 Å². The number of rotatable bonds is 30. The molecule has 230 valence electrons. The van der Waals surface area contributed by atoms with Crippen LogP contribution in [0.5, 0.6) is 0 Å². The molecule has 0 spiro atoms. The van der Waals surface area contributed by atoms with Crippen molar-refractivity contribution in [3.63, 3.8) is 0 Å². The molecule has 0 atom stereocenters. The van der Waals surface area contributed by atoms with Crippen molar-refractivity contribution in [3.8, 4) is 0 Å². The van der Waals surface area contributed by atoms with Gasteiger partial charge < -0.3 is 0 Å². The number of unbranched alkanes of at least 4 members (excludes halogenated alkanes) is 25. The summed E-state index contributed by atoms with van der Waals surface area (Å²) in [5.41, 5.74) is 0. The van der Waals surface area contributed by atoms with Crippen LogP contribution in [0, 0.1) is 0 Å². The summed E-state index contributed by atoms with van der Waals surface area (Å²) in [5, 5.41) is 0. The second-order valence-electron chi connectivity index (χ2n) is 13.0. The zero-order valence-corrected chi connectivity index (χ0v) is 27.6. The summed E-state index contributed by atoms with van der Waals surface area (Å²) < 4.78 is 5.12. The Morgan fingerprint density at radius 1 is 0.487 bits per heavy atom. The molecular formula is C37H73N2+. The van der Waals surface area contributed by atoms with Gasteiger partial charge in [-0.05, 0) is 33.1 Å². The Kier molecular flexibility index (Phi) is 25.4. The molecule has 0 aliphatic heterocycles. The zero-order valence-electron chi connectivity index (χ0n) is 27.6. The van der Waals surface area contributed by atoms with Gasteiger partial charge in [0.05, 0.1) is 12.6 Å². The topological polar surface area (TPSA) is 8.81 Å². The molecule has 0 aliphatic rings. The largest absolute Gasteiger partial charge is 0.256 e. The van der Waals surface area contributed by atoms with Gasteiger partial charge in [-0.25, -0.2) is 9.13 Å². The highest BCUT2D eigenvalue weighted by Gasteiger charge is 2.18. The summed E-state index contributed by atoms with van der Waals surface area (Å²) in [6, 6.07) is 0.569. The fourth-order valence-electron chi connectivity index (χ4n) is 6.20. The second-order valence-corrected chi connectivity index (χ2v) is 13.0. The Balaban J connectivity index is 2.06. The Morgan fingerprint density at radius 3 is 1.18 bits per heavy atom. The van der Waals surface area contributed by atoms with E-state index in [1.165, 1.54) is 186 Å². The highest BCUT2D eigenvalue weighted by Crippen LogP contribution is 2.16. The van der Waals surface area contributed by atoms with Crippen LogP contribution in [0.15, 0.2) is 12.4 Å². The minimum atomic E-state index is 0.569. The highest BCUT2D eigenvalue weighted by atomic mass is 15.2. The summed E-state index contributed by atoms with van der Waals surface area (Å²) in [7, 11) is 0. The normalized spacial score (nSPS) is 11.7. The highest BCUT2D eigenvalue weighted by molar-refractivity contribution is 4.86. The molecule has 2 nitrogen and oxygen atoms in total.